The summed E-state index contributed by atoms with van der Waals surface area (Å²) in [4.78, 5) is 16.0. The Morgan fingerprint density at radius 1 is 1.22 bits per heavy atom. The van der Waals surface area contributed by atoms with Gasteiger partial charge in [0.15, 0.2) is 6.29 Å². The molecule has 9 heteroatoms. The number of hydrogen-bond acceptors (Lipinski definition) is 6. The normalized spacial score (nSPS) is 17.4. The molecule has 192 valence electrons. The standard InChI is InChI=1S/C27H31ClFN3O4/c1-26(2,3)36-25(33)32-15-27(16-32)17-34-24(35-18-27)10-11-31(21-7-4-19(13-30)5-8-21)14-20-6-9-22(28)23(29)12-20/h4-9,12,24H,10-11,14-18H2,1-3H3. The highest BCUT2D eigenvalue weighted by Crippen LogP contribution is 2.36. The molecule has 2 fully saturated rings. The van der Waals surface area contributed by atoms with Gasteiger partial charge in [-0.05, 0) is 62.7 Å². The Morgan fingerprint density at radius 3 is 2.47 bits per heavy atom. The fourth-order valence-corrected chi connectivity index (χ4v) is 4.48. The van der Waals surface area contributed by atoms with Crippen LogP contribution in [0, 0.1) is 22.6 Å². The van der Waals surface area contributed by atoms with Gasteiger partial charge in [-0.1, -0.05) is 17.7 Å². The Labute approximate surface area is 216 Å². The lowest BCUT2D eigenvalue weighted by Gasteiger charge is -2.52. The van der Waals surface area contributed by atoms with Crippen LogP contribution in [-0.2, 0) is 20.8 Å². The molecule has 7 nitrogen and oxygen atoms in total. The fourth-order valence-electron chi connectivity index (χ4n) is 4.36. The minimum absolute atomic E-state index is 0.0860. The van der Waals surface area contributed by atoms with Crippen molar-refractivity contribution in [3.8, 4) is 6.07 Å². The van der Waals surface area contributed by atoms with Gasteiger partial charge in [-0.2, -0.15) is 5.26 Å². The van der Waals surface area contributed by atoms with Crippen LogP contribution in [0.5, 0.6) is 0 Å². The first-order chi connectivity index (χ1) is 17.1. The molecule has 0 atom stereocenters. The maximum atomic E-state index is 14.0. The Bertz CT molecular complexity index is 1110. The highest BCUT2D eigenvalue weighted by Gasteiger charge is 2.49. The van der Waals surface area contributed by atoms with Gasteiger partial charge in [-0.3, -0.25) is 0 Å². The van der Waals surface area contributed by atoms with Gasteiger partial charge in [0.25, 0.3) is 0 Å². The van der Waals surface area contributed by atoms with Crippen molar-refractivity contribution in [2.24, 2.45) is 5.41 Å². The van der Waals surface area contributed by atoms with Gasteiger partial charge in [0.2, 0.25) is 0 Å². The summed E-state index contributed by atoms with van der Waals surface area (Å²) in [5.41, 5.74) is 1.54. The summed E-state index contributed by atoms with van der Waals surface area (Å²) in [6.45, 7) is 8.72. The van der Waals surface area contributed by atoms with Gasteiger partial charge in [-0.15, -0.1) is 0 Å². The second-order valence-electron chi connectivity index (χ2n) is 10.5. The van der Waals surface area contributed by atoms with Crippen molar-refractivity contribution >= 4 is 23.4 Å². The number of likely N-dealkylation sites (tertiary alicyclic amines) is 1. The van der Waals surface area contributed by atoms with Crippen molar-refractivity contribution in [3.05, 3.63) is 64.4 Å². The number of hydrogen-bond donors (Lipinski definition) is 0. The molecule has 2 saturated heterocycles. The molecule has 0 N–H and O–H groups in total. The van der Waals surface area contributed by atoms with Crippen LogP contribution in [0.1, 0.15) is 38.3 Å². The summed E-state index contributed by atoms with van der Waals surface area (Å²) in [6.07, 6.45) is -0.0944. The molecular weight excluding hydrogens is 485 g/mol. The van der Waals surface area contributed by atoms with Crippen molar-refractivity contribution < 1.29 is 23.4 Å². The van der Waals surface area contributed by atoms with Crippen molar-refractivity contribution in [2.45, 2.75) is 45.6 Å². The van der Waals surface area contributed by atoms with E-state index in [4.69, 9.17) is 31.1 Å². The molecule has 0 aromatic heterocycles. The van der Waals surface area contributed by atoms with Crippen LogP contribution in [0.3, 0.4) is 0 Å². The Kier molecular flexibility index (Phi) is 7.74. The van der Waals surface area contributed by atoms with E-state index in [1.54, 1.807) is 29.2 Å². The second-order valence-corrected chi connectivity index (χ2v) is 10.9. The van der Waals surface area contributed by atoms with Crippen LogP contribution < -0.4 is 4.90 Å². The summed E-state index contributed by atoms with van der Waals surface area (Å²) in [7, 11) is 0. The summed E-state index contributed by atoms with van der Waals surface area (Å²) in [6, 6.07) is 14.2. The van der Waals surface area contributed by atoms with Gasteiger partial charge in [0.1, 0.15) is 11.4 Å². The van der Waals surface area contributed by atoms with Gasteiger partial charge >= 0.3 is 6.09 Å². The lowest BCUT2D eigenvalue weighted by molar-refractivity contribution is -0.254. The monoisotopic (exact) mass is 515 g/mol. The van der Waals surface area contributed by atoms with Crippen molar-refractivity contribution in [1.82, 2.24) is 4.90 Å². The Hall–Kier alpha value is -2.86. The smallest absolute Gasteiger partial charge is 0.410 e. The number of amides is 1. The molecular formula is C27H31ClFN3O4. The van der Waals surface area contributed by atoms with E-state index in [0.29, 0.717) is 51.4 Å². The molecule has 0 bridgehead atoms. The molecule has 0 saturated carbocycles. The van der Waals surface area contributed by atoms with E-state index in [-0.39, 0.29) is 22.8 Å². The third-order valence-corrected chi connectivity index (χ3v) is 6.52. The number of rotatable bonds is 6. The number of ether oxygens (including phenoxy) is 3. The quantitative estimate of drug-likeness (QED) is 0.515. The van der Waals surface area contributed by atoms with Gasteiger partial charge < -0.3 is 24.0 Å². The lowest BCUT2D eigenvalue weighted by Crippen LogP contribution is -2.65. The summed E-state index contributed by atoms with van der Waals surface area (Å²) in [5, 5.41) is 9.20. The van der Waals surface area contributed by atoms with E-state index in [9.17, 15) is 9.18 Å². The predicted octanol–water partition coefficient (Wildman–Crippen LogP) is 5.36. The molecule has 2 heterocycles. The van der Waals surface area contributed by atoms with E-state index in [1.165, 1.54) is 6.07 Å². The fraction of sp³-hybridized carbons (Fsp3) is 0.481. The minimum atomic E-state index is -0.525. The number of benzene rings is 2. The topological polar surface area (TPSA) is 75.0 Å². The molecule has 0 aliphatic carbocycles. The van der Waals surface area contributed by atoms with Crippen LogP contribution in [0.25, 0.3) is 0 Å². The second kappa shape index (κ2) is 10.6. The summed E-state index contributed by atoms with van der Waals surface area (Å²) < 4.78 is 31.5. The van der Waals surface area contributed by atoms with Gasteiger partial charge in [-0.25, -0.2) is 9.18 Å². The maximum absolute atomic E-state index is 14.0. The molecule has 36 heavy (non-hydrogen) atoms. The number of nitrogens with zero attached hydrogens (tertiary/aromatic N) is 3. The highest BCUT2D eigenvalue weighted by molar-refractivity contribution is 6.30. The average molecular weight is 516 g/mol. The van der Waals surface area contributed by atoms with E-state index in [0.717, 1.165) is 11.3 Å². The Morgan fingerprint density at radius 2 is 1.89 bits per heavy atom. The molecule has 2 aromatic rings. The van der Waals surface area contributed by atoms with E-state index in [2.05, 4.69) is 11.0 Å². The molecule has 0 radical (unpaired) electrons. The lowest BCUT2D eigenvalue weighted by atomic mass is 9.81. The van der Waals surface area contributed by atoms with E-state index >= 15 is 0 Å². The first-order valence-corrected chi connectivity index (χ1v) is 12.3. The molecule has 2 aromatic carbocycles. The predicted molar refractivity (Wildman–Crippen MR) is 134 cm³/mol. The summed E-state index contributed by atoms with van der Waals surface area (Å²) in [5.74, 6) is -0.459. The zero-order valence-corrected chi connectivity index (χ0v) is 21.6. The van der Waals surface area contributed by atoms with E-state index in [1.807, 2.05) is 32.9 Å². The van der Waals surface area contributed by atoms with Gasteiger partial charge in [0, 0.05) is 38.3 Å². The largest absolute Gasteiger partial charge is 0.444 e. The SMILES string of the molecule is CC(C)(C)OC(=O)N1CC2(COC(CCN(Cc3ccc(Cl)c(F)c3)c3ccc(C#N)cc3)OC2)C1. The van der Waals surface area contributed by atoms with Crippen LogP contribution in [-0.4, -0.2) is 55.7 Å². The van der Waals surface area contributed by atoms with Crippen molar-refractivity contribution in [1.29, 1.82) is 5.26 Å². The highest BCUT2D eigenvalue weighted by atomic mass is 35.5. The molecule has 1 amide bonds. The van der Waals surface area contributed by atoms with Crippen LogP contribution in [0.4, 0.5) is 14.9 Å². The molecule has 2 aliphatic heterocycles. The number of nitriles is 1. The van der Waals surface area contributed by atoms with Gasteiger partial charge in [0.05, 0.1) is 35.3 Å². The molecule has 2 aliphatic rings. The van der Waals surface area contributed by atoms with Crippen molar-refractivity contribution in [2.75, 3.05) is 37.7 Å². The van der Waals surface area contributed by atoms with E-state index < -0.39 is 11.4 Å². The van der Waals surface area contributed by atoms with Crippen LogP contribution >= 0.6 is 11.6 Å². The molecule has 4 rings (SSSR count). The number of halogens is 2. The minimum Gasteiger partial charge on any atom is -0.444 e. The van der Waals surface area contributed by atoms with Crippen LogP contribution in [0.15, 0.2) is 42.5 Å². The van der Waals surface area contributed by atoms with Crippen molar-refractivity contribution in [3.63, 3.8) is 0 Å². The zero-order chi connectivity index (χ0) is 25.9. The Balaban J connectivity index is 1.33. The molecule has 0 unspecified atom stereocenters. The first-order valence-electron chi connectivity index (χ1n) is 12.0. The first kappa shape index (κ1) is 26.2. The maximum Gasteiger partial charge on any atom is 0.410 e. The third kappa shape index (κ3) is 6.47. The number of carbonyl (C=O) groups excluding carboxylic acids is 1. The zero-order valence-electron chi connectivity index (χ0n) is 20.8. The third-order valence-electron chi connectivity index (χ3n) is 6.21. The molecule has 1 spiro atoms. The number of carbonyl (C=O) groups is 1. The average Bonchev–Trinajstić information content (AvgIpc) is 2.82. The number of anilines is 1. The summed E-state index contributed by atoms with van der Waals surface area (Å²) >= 11 is 5.84. The van der Waals surface area contributed by atoms with Crippen LogP contribution in [0.2, 0.25) is 5.02 Å².